The van der Waals surface area contributed by atoms with Crippen LogP contribution in [0, 0.1) is 0 Å². The SMILES string of the molecule is CCCCCCCC/C=C\CCCCCCCCCCCCCC(=O)OC[C@H](COC(=O)CCCCCCCCCCCCCCCCCCCCC)OC(=O)CCCCCCCCC/C=C\CCCCCCCC. The summed E-state index contributed by atoms with van der Waals surface area (Å²) in [5.41, 5.74) is 0. The molecule has 1 atom stereocenters. The summed E-state index contributed by atoms with van der Waals surface area (Å²) in [7, 11) is 0. The minimum atomic E-state index is -0.771. The lowest BCUT2D eigenvalue weighted by atomic mass is 10.0. The lowest BCUT2D eigenvalue weighted by molar-refractivity contribution is -0.167. The predicted molar refractivity (Wildman–Crippen MR) is 326 cm³/mol. The standard InChI is InChI=1S/C69H130O6/c1-4-7-10-13-16-19-22-25-28-31-33-34-36-39-41-44-47-50-53-56-59-62-68(71)74-65-66(75-69(72)63-60-57-54-51-48-45-42-37-30-27-24-21-18-15-12-9-6-3)64-73-67(70)61-58-55-52-49-46-43-40-38-35-32-29-26-23-20-17-14-11-8-5-2/h25,27-28,30,66H,4-24,26,29,31-65H2,1-3H3/b28-25-,30-27-/t66-/m0/s1. The molecule has 0 aromatic heterocycles. The molecular weight excluding hydrogens is 925 g/mol. The van der Waals surface area contributed by atoms with Crippen LogP contribution in [-0.4, -0.2) is 37.2 Å². The average molecular weight is 1060 g/mol. The molecule has 0 spiro atoms. The number of hydrogen-bond donors (Lipinski definition) is 0. The molecule has 0 radical (unpaired) electrons. The Kier molecular flexibility index (Phi) is 62.6. The van der Waals surface area contributed by atoms with E-state index in [0.717, 1.165) is 57.8 Å². The summed E-state index contributed by atoms with van der Waals surface area (Å²) >= 11 is 0. The zero-order valence-corrected chi connectivity index (χ0v) is 50.8. The van der Waals surface area contributed by atoms with E-state index in [2.05, 4.69) is 45.1 Å². The summed E-state index contributed by atoms with van der Waals surface area (Å²) in [6.07, 6.45) is 77.6. The highest BCUT2D eigenvalue weighted by Gasteiger charge is 2.19. The summed E-state index contributed by atoms with van der Waals surface area (Å²) in [5, 5.41) is 0. The van der Waals surface area contributed by atoms with Crippen molar-refractivity contribution < 1.29 is 28.6 Å². The van der Waals surface area contributed by atoms with Crippen LogP contribution in [0.3, 0.4) is 0 Å². The number of ether oxygens (including phenoxy) is 3. The number of allylic oxidation sites excluding steroid dienone is 4. The first kappa shape index (κ1) is 72.9. The maximum atomic E-state index is 12.9. The number of carbonyl (C=O) groups excluding carboxylic acids is 3. The molecule has 442 valence electrons. The smallest absolute Gasteiger partial charge is 0.306 e. The van der Waals surface area contributed by atoms with Crippen molar-refractivity contribution in [3.63, 3.8) is 0 Å². The van der Waals surface area contributed by atoms with Gasteiger partial charge in [0.1, 0.15) is 13.2 Å². The van der Waals surface area contributed by atoms with Crippen molar-refractivity contribution in [1.82, 2.24) is 0 Å². The van der Waals surface area contributed by atoms with Gasteiger partial charge in [-0.25, -0.2) is 0 Å². The fourth-order valence-electron chi connectivity index (χ4n) is 10.3. The number of unbranched alkanes of at least 4 members (excludes halogenated alkanes) is 48. The number of hydrogen-bond acceptors (Lipinski definition) is 6. The zero-order chi connectivity index (χ0) is 54.3. The molecule has 0 bridgehead atoms. The Bertz CT molecular complexity index is 1210. The van der Waals surface area contributed by atoms with Gasteiger partial charge in [-0.3, -0.25) is 14.4 Å². The van der Waals surface area contributed by atoms with Crippen molar-refractivity contribution in [2.45, 2.75) is 386 Å². The van der Waals surface area contributed by atoms with Crippen LogP contribution in [0.25, 0.3) is 0 Å². The fourth-order valence-corrected chi connectivity index (χ4v) is 10.3. The maximum Gasteiger partial charge on any atom is 0.306 e. The summed E-state index contributed by atoms with van der Waals surface area (Å²) in [6, 6.07) is 0. The summed E-state index contributed by atoms with van der Waals surface area (Å²) in [5.74, 6) is -0.842. The molecule has 0 aromatic rings. The summed E-state index contributed by atoms with van der Waals surface area (Å²) < 4.78 is 17.0. The van der Waals surface area contributed by atoms with Crippen molar-refractivity contribution in [2.75, 3.05) is 13.2 Å². The Morgan fingerprint density at radius 3 is 0.667 bits per heavy atom. The molecule has 0 saturated heterocycles. The van der Waals surface area contributed by atoms with Gasteiger partial charge in [0, 0.05) is 19.3 Å². The third-order valence-electron chi connectivity index (χ3n) is 15.4. The molecule has 0 aliphatic carbocycles. The van der Waals surface area contributed by atoms with Crippen LogP contribution in [0.5, 0.6) is 0 Å². The molecule has 6 nitrogen and oxygen atoms in total. The molecule has 0 rings (SSSR count). The van der Waals surface area contributed by atoms with Gasteiger partial charge >= 0.3 is 17.9 Å². The minimum Gasteiger partial charge on any atom is -0.462 e. The topological polar surface area (TPSA) is 78.9 Å². The number of rotatable bonds is 63. The van der Waals surface area contributed by atoms with Crippen LogP contribution in [0.4, 0.5) is 0 Å². The molecule has 0 aromatic carbocycles. The van der Waals surface area contributed by atoms with Gasteiger partial charge < -0.3 is 14.2 Å². The van der Waals surface area contributed by atoms with Gasteiger partial charge in [-0.15, -0.1) is 0 Å². The summed E-state index contributed by atoms with van der Waals surface area (Å²) in [6.45, 7) is 6.71. The molecule has 0 fully saturated rings. The van der Waals surface area contributed by atoms with E-state index in [1.165, 1.54) is 283 Å². The molecule has 6 heteroatoms. The molecule has 0 heterocycles. The van der Waals surface area contributed by atoms with Crippen molar-refractivity contribution in [3.8, 4) is 0 Å². The maximum absolute atomic E-state index is 12.9. The van der Waals surface area contributed by atoms with Gasteiger partial charge in [0.15, 0.2) is 6.10 Å². The van der Waals surface area contributed by atoms with E-state index in [4.69, 9.17) is 14.2 Å². The Labute approximate surface area is 468 Å². The van der Waals surface area contributed by atoms with E-state index in [1.54, 1.807) is 0 Å². The van der Waals surface area contributed by atoms with Gasteiger partial charge in [-0.2, -0.15) is 0 Å². The van der Waals surface area contributed by atoms with Crippen molar-refractivity contribution in [3.05, 3.63) is 24.3 Å². The van der Waals surface area contributed by atoms with E-state index in [-0.39, 0.29) is 31.1 Å². The number of esters is 3. The van der Waals surface area contributed by atoms with Crippen LogP contribution in [0.2, 0.25) is 0 Å². The highest BCUT2D eigenvalue weighted by Crippen LogP contribution is 2.18. The van der Waals surface area contributed by atoms with Crippen LogP contribution in [-0.2, 0) is 28.6 Å². The van der Waals surface area contributed by atoms with Crippen molar-refractivity contribution in [2.24, 2.45) is 0 Å². The predicted octanol–water partition coefficient (Wildman–Crippen LogP) is 23.0. The fraction of sp³-hybridized carbons (Fsp3) is 0.899. The average Bonchev–Trinajstić information content (AvgIpc) is 3.41. The van der Waals surface area contributed by atoms with Gasteiger partial charge in [0.25, 0.3) is 0 Å². The molecule has 0 aliphatic rings. The molecular formula is C69H130O6. The van der Waals surface area contributed by atoms with Crippen molar-refractivity contribution >= 4 is 17.9 Å². The lowest BCUT2D eigenvalue weighted by Crippen LogP contribution is -2.30. The van der Waals surface area contributed by atoms with Gasteiger partial charge in [0.2, 0.25) is 0 Å². The normalized spacial score (nSPS) is 12.1. The van der Waals surface area contributed by atoms with E-state index in [1.807, 2.05) is 0 Å². The monoisotopic (exact) mass is 1050 g/mol. The van der Waals surface area contributed by atoms with Gasteiger partial charge in [-0.1, -0.05) is 315 Å². The third kappa shape index (κ3) is 62.6. The molecule has 0 N–H and O–H groups in total. The van der Waals surface area contributed by atoms with Crippen LogP contribution in [0.15, 0.2) is 24.3 Å². The molecule has 75 heavy (non-hydrogen) atoms. The highest BCUT2D eigenvalue weighted by molar-refractivity contribution is 5.71. The lowest BCUT2D eigenvalue weighted by Gasteiger charge is -2.18. The molecule has 0 saturated carbocycles. The van der Waals surface area contributed by atoms with Crippen LogP contribution >= 0.6 is 0 Å². The summed E-state index contributed by atoms with van der Waals surface area (Å²) in [4.78, 5) is 38.4. The third-order valence-corrected chi connectivity index (χ3v) is 15.4. The molecule has 0 amide bonds. The highest BCUT2D eigenvalue weighted by atomic mass is 16.6. The second-order valence-electron chi connectivity index (χ2n) is 23.1. The van der Waals surface area contributed by atoms with E-state index >= 15 is 0 Å². The second kappa shape index (κ2) is 64.4. The Hall–Kier alpha value is -2.11. The van der Waals surface area contributed by atoms with E-state index in [0.29, 0.717) is 19.3 Å². The first-order chi connectivity index (χ1) is 37.0. The molecule has 0 unspecified atom stereocenters. The number of carbonyl (C=O) groups is 3. The largest absolute Gasteiger partial charge is 0.462 e. The molecule has 0 aliphatic heterocycles. The Morgan fingerprint density at radius 1 is 0.253 bits per heavy atom. The Balaban J connectivity index is 4.30. The second-order valence-corrected chi connectivity index (χ2v) is 23.1. The van der Waals surface area contributed by atoms with Crippen LogP contribution in [0.1, 0.15) is 380 Å². The van der Waals surface area contributed by atoms with Crippen LogP contribution < -0.4 is 0 Å². The first-order valence-corrected chi connectivity index (χ1v) is 33.8. The van der Waals surface area contributed by atoms with Crippen molar-refractivity contribution in [1.29, 1.82) is 0 Å². The van der Waals surface area contributed by atoms with E-state index in [9.17, 15) is 14.4 Å². The minimum absolute atomic E-state index is 0.0675. The van der Waals surface area contributed by atoms with E-state index < -0.39 is 6.10 Å². The van der Waals surface area contributed by atoms with Gasteiger partial charge in [-0.05, 0) is 70.6 Å². The van der Waals surface area contributed by atoms with Gasteiger partial charge in [0.05, 0.1) is 0 Å². The Morgan fingerprint density at radius 2 is 0.440 bits per heavy atom. The first-order valence-electron chi connectivity index (χ1n) is 33.8. The quantitative estimate of drug-likeness (QED) is 0.0261. The zero-order valence-electron chi connectivity index (χ0n) is 50.8.